The van der Waals surface area contributed by atoms with E-state index in [0.29, 0.717) is 24.6 Å². The highest BCUT2D eigenvalue weighted by Gasteiger charge is 2.08. The molecular formula is C26H38N4O. The molecule has 1 aromatic heterocycles. The number of rotatable bonds is 15. The third-order valence-corrected chi connectivity index (χ3v) is 4.40. The molecule has 0 bridgehead atoms. The Hall–Kier alpha value is -2.79. The summed E-state index contributed by atoms with van der Waals surface area (Å²) in [6.07, 6.45) is 30.6. The van der Waals surface area contributed by atoms with Crippen LogP contribution in [0.5, 0.6) is 0 Å². The molecule has 0 aliphatic carbocycles. The second-order valence-corrected chi connectivity index (χ2v) is 7.14. The Morgan fingerprint density at radius 3 is 2.03 bits per heavy atom. The molecule has 0 atom stereocenters. The zero-order chi connectivity index (χ0) is 22.6. The van der Waals surface area contributed by atoms with Crippen LogP contribution in [-0.2, 0) is 11.3 Å². The first-order valence-electron chi connectivity index (χ1n) is 11.2. The van der Waals surface area contributed by atoms with Gasteiger partial charge in [0.15, 0.2) is 0 Å². The Morgan fingerprint density at radius 1 is 0.935 bits per heavy atom. The molecule has 0 saturated heterocycles. The maximum absolute atomic E-state index is 12.1. The monoisotopic (exact) mass is 422 g/mol. The summed E-state index contributed by atoms with van der Waals surface area (Å²) in [7, 11) is 0. The van der Waals surface area contributed by atoms with Crippen LogP contribution in [0.1, 0.15) is 69.7 Å². The van der Waals surface area contributed by atoms with Crippen LogP contribution in [0.4, 0.5) is 5.82 Å². The predicted octanol–water partition coefficient (Wildman–Crippen LogP) is 6.10. The van der Waals surface area contributed by atoms with Crippen molar-refractivity contribution >= 4 is 11.7 Å². The molecule has 1 aromatic rings. The van der Waals surface area contributed by atoms with E-state index in [4.69, 9.17) is 5.73 Å². The van der Waals surface area contributed by atoms with Gasteiger partial charge in [-0.2, -0.15) is 0 Å². The number of anilines is 1. The highest BCUT2D eigenvalue weighted by molar-refractivity contribution is 5.90. The number of allylic oxidation sites excluding steroid dienone is 10. The molecule has 1 heterocycles. The summed E-state index contributed by atoms with van der Waals surface area (Å²) >= 11 is 0. The fourth-order valence-electron chi connectivity index (χ4n) is 2.70. The first-order chi connectivity index (χ1) is 15.2. The van der Waals surface area contributed by atoms with Gasteiger partial charge in [0.2, 0.25) is 5.91 Å². The minimum atomic E-state index is -0.0415. The van der Waals surface area contributed by atoms with Crippen molar-refractivity contribution in [2.45, 2.75) is 71.8 Å². The molecule has 0 unspecified atom stereocenters. The van der Waals surface area contributed by atoms with E-state index in [1.807, 2.05) is 0 Å². The van der Waals surface area contributed by atoms with Gasteiger partial charge in [-0.1, -0.05) is 67.7 Å². The molecule has 0 radical (unpaired) electrons. The third-order valence-electron chi connectivity index (χ3n) is 4.40. The van der Waals surface area contributed by atoms with Crippen LogP contribution in [0.15, 0.2) is 67.0 Å². The smallest absolute Gasteiger partial charge is 0.225 e. The lowest BCUT2D eigenvalue weighted by molar-refractivity contribution is -0.116. The van der Waals surface area contributed by atoms with Gasteiger partial charge in [0.25, 0.3) is 0 Å². The van der Waals surface area contributed by atoms with E-state index in [9.17, 15) is 4.79 Å². The molecule has 1 amide bonds. The number of nitrogens with zero attached hydrogens (tertiary/aromatic N) is 2. The number of aryl methyl sites for hydroxylation is 1. The number of carbonyl (C=O) groups is 1. The number of nitrogens with one attached hydrogen (secondary N) is 1. The van der Waals surface area contributed by atoms with Crippen LogP contribution in [0.2, 0.25) is 0 Å². The van der Waals surface area contributed by atoms with Crippen LogP contribution in [0, 0.1) is 6.92 Å². The van der Waals surface area contributed by atoms with Crippen molar-refractivity contribution in [1.82, 2.24) is 9.97 Å². The van der Waals surface area contributed by atoms with Gasteiger partial charge in [-0.05, 0) is 51.9 Å². The molecule has 168 valence electrons. The molecule has 5 nitrogen and oxygen atoms in total. The molecule has 31 heavy (non-hydrogen) atoms. The molecule has 5 heteroatoms. The fraction of sp³-hybridized carbons (Fsp3) is 0.423. The van der Waals surface area contributed by atoms with Crippen LogP contribution < -0.4 is 11.1 Å². The SMILES string of the molecule is CC/C=C\CC=CCC=CC/C=C\C/C=C\CCCC(=O)Nc1nc(C)ncc1CN. The van der Waals surface area contributed by atoms with Crippen LogP contribution >= 0.6 is 0 Å². The molecule has 3 N–H and O–H groups in total. The summed E-state index contributed by atoms with van der Waals surface area (Å²) in [6, 6.07) is 0. The number of amides is 1. The topological polar surface area (TPSA) is 80.9 Å². The summed E-state index contributed by atoms with van der Waals surface area (Å²) in [4.78, 5) is 20.5. The zero-order valence-electron chi connectivity index (χ0n) is 19.1. The molecular weight excluding hydrogens is 384 g/mol. The van der Waals surface area contributed by atoms with Crippen LogP contribution in [0.3, 0.4) is 0 Å². The summed E-state index contributed by atoms with van der Waals surface area (Å²) in [5.74, 6) is 1.10. The third kappa shape index (κ3) is 13.9. The van der Waals surface area contributed by atoms with E-state index in [1.54, 1.807) is 13.1 Å². The van der Waals surface area contributed by atoms with E-state index < -0.39 is 0 Å². The van der Waals surface area contributed by atoms with E-state index in [-0.39, 0.29) is 5.91 Å². The molecule has 0 aliphatic heterocycles. The second kappa shape index (κ2) is 18.0. The number of hydrogen-bond donors (Lipinski definition) is 2. The molecule has 0 fully saturated rings. The number of aromatic nitrogens is 2. The van der Waals surface area contributed by atoms with E-state index in [0.717, 1.165) is 50.5 Å². The van der Waals surface area contributed by atoms with Gasteiger partial charge in [-0.3, -0.25) is 4.79 Å². The average Bonchev–Trinajstić information content (AvgIpc) is 2.76. The molecule has 0 aliphatic rings. The van der Waals surface area contributed by atoms with Crippen molar-refractivity contribution < 1.29 is 4.79 Å². The van der Waals surface area contributed by atoms with Crippen molar-refractivity contribution in [3.63, 3.8) is 0 Å². The lowest BCUT2D eigenvalue weighted by atomic mass is 10.2. The number of nitrogens with two attached hydrogens (primary N) is 1. The minimum absolute atomic E-state index is 0.0415. The fourth-order valence-corrected chi connectivity index (χ4v) is 2.70. The Balaban J connectivity index is 2.09. The number of unbranched alkanes of at least 4 members (excludes halogenated alkanes) is 1. The molecule has 0 aromatic carbocycles. The van der Waals surface area contributed by atoms with E-state index in [2.05, 4.69) is 83.0 Å². The van der Waals surface area contributed by atoms with Crippen molar-refractivity contribution in [2.75, 3.05) is 5.32 Å². The molecule has 0 saturated carbocycles. The van der Waals surface area contributed by atoms with Gasteiger partial charge >= 0.3 is 0 Å². The zero-order valence-corrected chi connectivity index (χ0v) is 19.1. The van der Waals surface area contributed by atoms with E-state index >= 15 is 0 Å². The maximum atomic E-state index is 12.1. The summed E-state index contributed by atoms with van der Waals surface area (Å²) < 4.78 is 0. The van der Waals surface area contributed by atoms with Crippen LogP contribution in [-0.4, -0.2) is 15.9 Å². The number of hydrogen-bond acceptors (Lipinski definition) is 4. The van der Waals surface area contributed by atoms with Gasteiger partial charge in [0.1, 0.15) is 11.6 Å². The first-order valence-corrected chi connectivity index (χ1v) is 11.2. The maximum Gasteiger partial charge on any atom is 0.225 e. The van der Waals surface area contributed by atoms with Crippen molar-refractivity contribution in [2.24, 2.45) is 5.73 Å². The van der Waals surface area contributed by atoms with Crippen molar-refractivity contribution in [3.05, 3.63) is 78.3 Å². The number of carbonyl (C=O) groups excluding carboxylic acids is 1. The first kappa shape index (κ1) is 26.2. The minimum Gasteiger partial charge on any atom is -0.326 e. The van der Waals surface area contributed by atoms with Crippen molar-refractivity contribution in [1.29, 1.82) is 0 Å². The van der Waals surface area contributed by atoms with E-state index in [1.165, 1.54) is 0 Å². The largest absolute Gasteiger partial charge is 0.326 e. The molecule has 0 spiro atoms. The summed E-state index contributed by atoms with van der Waals surface area (Å²) in [6.45, 7) is 4.24. The standard InChI is InChI=1S/C26H38N4O/c1-3-4-5-6-7-8-9-10-11-12-13-14-15-16-17-18-19-20-25(31)30-26-24(21-27)22-28-23(2)29-26/h4-5,7-8,10-11,13-14,16-17,22H,3,6,9,12,15,18-21,27H2,1-2H3,(H,28,29,30,31)/b5-4-,8-7?,11-10?,14-13-,17-16-. The van der Waals surface area contributed by atoms with Gasteiger partial charge in [0.05, 0.1) is 0 Å². The Kier molecular flexibility index (Phi) is 15.3. The Bertz CT molecular complexity index is 776. The van der Waals surface area contributed by atoms with Gasteiger partial charge in [-0.25, -0.2) is 9.97 Å². The lowest BCUT2D eigenvalue weighted by Crippen LogP contribution is -2.16. The summed E-state index contributed by atoms with van der Waals surface area (Å²) in [5, 5.41) is 2.84. The highest BCUT2D eigenvalue weighted by Crippen LogP contribution is 2.11. The predicted molar refractivity (Wildman–Crippen MR) is 132 cm³/mol. The van der Waals surface area contributed by atoms with Gasteiger partial charge in [0, 0.05) is 24.7 Å². The Labute approximate surface area is 188 Å². The quantitative estimate of drug-likeness (QED) is 0.264. The second-order valence-electron chi connectivity index (χ2n) is 7.14. The lowest BCUT2D eigenvalue weighted by Gasteiger charge is -2.08. The molecule has 1 rings (SSSR count). The summed E-state index contributed by atoms with van der Waals surface area (Å²) in [5.41, 5.74) is 6.41. The van der Waals surface area contributed by atoms with Gasteiger partial charge < -0.3 is 11.1 Å². The van der Waals surface area contributed by atoms with Gasteiger partial charge in [-0.15, -0.1) is 0 Å². The Morgan fingerprint density at radius 2 is 1.48 bits per heavy atom. The average molecular weight is 423 g/mol. The van der Waals surface area contributed by atoms with Crippen molar-refractivity contribution in [3.8, 4) is 0 Å². The highest BCUT2D eigenvalue weighted by atomic mass is 16.1. The normalized spacial score (nSPS) is 12.4. The van der Waals surface area contributed by atoms with Crippen LogP contribution in [0.25, 0.3) is 0 Å².